The van der Waals surface area contributed by atoms with Gasteiger partial charge in [-0.05, 0) is 24.6 Å². The van der Waals surface area contributed by atoms with Crippen LogP contribution in [0.1, 0.15) is 18.5 Å². The van der Waals surface area contributed by atoms with Gasteiger partial charge in [0, 0.05) is 39.3 Å². The Labute approximate surface area is 205 Å². The fraction of sp³-hybridized carbons (Fsp3) is 0.423. The molecule has 4 rings (SSSR count). The fourth-order valence-electron chi connectivity index (χ4n) is 4.44. The number of hydrogen-bond acceptors (Lipinski definition) is 6. The standard InChI is InChI=1S/C26H32N4O5/c1-2-35-22-11-7-6-10-21(22)27-24(31)23(20-8-4-3-5-9-20)28-12-14-29(15-13-28)25(32)26(33)30-16-18-34-19-17-30/h3-11,23H,2,12-19H2,1H3,(H,27,31)/t23-/m1/s1. The molecule has 1 N–H and O–H groups in total. The Hall–Kier alpha value is -3.43. The van der Waals surface area contributed by atoms with Gasteiger partial charge >= 0.3 is 11.8 Å². The highest BCUT2D eigenvalue weighted by molar-refractivity contribution is 6.34. The molecule has 0 aliphatic carbocycles. The lowest BCUT2D eigenvalue weighted by Gasteiger charge is -2.39. The number of morpholine rings is 1. The number of benzene rings is 2. The lowest BCUT2D eigenvalue weighted by Crippen LogP contribution is -2.56. The van der Waals surface area contributed by atoms with E-state index in [9.17, 15) is 14.4 Å². The van der Waals surface area contributed by atoms with Crippen LogP contribution in [0.3, 0.4) is 0 Å². The molecule has 2 heterocycles. The second-order valence-corrected chi connectivity index (χ2v) is 8.46. The van der Waals surface area contributed by atoms with E-state index >= 15 is 0 Å². The minimum absolute atomic E-state index is 0.174. The van der Waals surface area contributed by atoms with Crippen molar-refractivity contribution in [3.63, 3.8) is 0 Å². The van der Waals surface area contributed by atoms with Crippen LogP contribution in [0.4, 0.5) is 5.69 Å². The average molecular weight is 481 g/mol. The summed E-state index contributed by atoms with van der Waals surface area (Å²) < 4.78 is 10.9. The van der Waals surface area contributed by atoms with Gasteiger partial charge in [-0.25, -0.2) is 0 Å². The first-order valence-electron chi connectivity index (χ1n) is 12.1. The molecule has 0 spiro atoms. The number of anilines is 1. The van der Waals surface area contributed by atoms with Crippen molar-refractivity contribution in [3.05, 3.63) is 60.2 Å². The predicted octanol–water partition coefficient (Wildman–Crippen LogP) is 1.77. The second kappa shape index (κ2) is 11.8. The molecule has 2 saturated heterocycles. The number of nitrogens with zero attached hydrogens (tertiary/aromatic N) is 3. The number of amides is 3. The molecule has 2 aliphatic heterocycles. The zero-order valence-electron chi connectivity index (χ0n) is 20.0. The van der Waals surface area contributed by atoms with Crippen LogP contribution < -0.4 is 10.1 Å². The molecule has 2 aliphatic rings. The number of rotatable bonds is 6. The van der Waals surface area contributed by atoms with Gasteiger partial charge in [-0.2, -0.15) is 0 Å². The van der Waals surface area contributed by atoms with Crippen molar-refractivity contribution in [2.75, 3.05) is 64.4 Å². The van der Waals surface area contributed by atoms with Gasteiger partial charge in [-0.1, -0.05) is 42.5 Å². The third-order valence-electron chi connectivity index (χ3n) is 6.26. The predicted molar refractivity (Wildman–Crippen MR) is 131 cm³/mol. The van der Waals surface area contributed by atoms with Gasteiger partial charge < -0.3 is 24.6 Å². The fourth-order valence-corrected chi connectivity index (χ4v) is 4.44. The van der Waals surface area contributed by atoms with E-state index in [4.69, 9.17) is 9.47 Å². The van der Waals surface area contributed by atoms with Gasteiger partial charge in [0.2, 0.25) is 5.91 Å². The van der Waals surface area contributed by atoms with Gasteiger partial charge in [-0.3, -0.25) is 19.3 Å². The van der Waals surface area contributed by atoms with Crippen molar-refractivity contribution in [3.8, 4) is 5.75 Å². The molecule has 186 valence electrons. The molecular weight excluding hydrogens is 448 g/mol. The number of piperazine rings is 1. The van der Waals surface area contributed by atoms with E-state index in [1.807, 2.05) is 61.5 Å². The summed E-state index contributed by atoms with van der Waals surface area (Å²) in [7, 11) is 0. The maximum absolute atomic E-state index is 13.5. The summed E-state index contributed by atoms with van der Waals surface area (Å²) in [5, 5.41) is 3.03. The van der Waals surface area contributed by atoms with Crippen molar-refractivity contribution < 1.29 is 23.9 Å². The third-order valence-corrected chi connectivity index (χ3v) is 6.26. The summed E-state index contributed by atoms with van der Waals surface area (Å²) in [5.41, 5.74) is 1.48. The molecule has 2 fully saturated rings. The largest absolute Gasteiger partial charge is 0.492 e. The lowest BCUT2D eigenvalue weighted by molar-refractivity contribution is -0.155. The van der Waals surface area contributed by atoms with E-state index in [2.05, 4.69) is 10.2 Å². The van der Waals surface area contributed by atoms with Crippen molar-refractivity contribution in [2.24, 2.45) is 0 Å². The molecule has 0 saturated carbocycles. The van der Waals surface area contributed by atoms with Crippen LogP contribution in [0.5, 0.6) is 5.75 Å². The highest BCUT2D eigenvalue weighted by atomic mass is 16.5. The van der Waals surface area contributed by atoms with Crippen LogP contribution in [0.15, 0.2) is 54.6 Å². The molecule has 9 nitrogen and oxygen atoms in total. The van der Waals surface area contributed by atoms with E-state index in [1.165, 1.54) is 0 Å². The van der Waals surface area contributed by atoms with Crippen molar-refractivity contribution in [2.45, 2.75) is 13.0 Å². The van der Waals surface area contributed by atoms with Crippen LogP contribution in [0, 0.1) is 0 Å². The normalized spacial score (nSPS) is 17.5. The third kappa shape index (κ3) is 5.98. The second-order valence-electron chi connectivity index (χ2n) is 8.46. The number of hydrogen-bond donors (Lipinski definition) is 1. The quantitative estimate of drug-likeness (QED) is 0.634. The molecule has 0 radical (unpaired) electrons. The van der Waals surface area contributed by atoms with E-state index in [-0.39, 0.29) is 5.91 Å². The Morgan fingerprint density at radius 1 is 0.857 bits per heavy atom. The number of ether oxygens (including phenoxy) is 2. The zero-order chi connectivity index (χ0) is 24.6. The van der Waals surface area contributed by atoms with Crippen LogP contribution >= 0.6 is 0 Å². The summed E-state index contributed by atoms with van der Waals surface area (Å²) in [6.07, 6.45) is 0. The number of nitrogens with one attached hydrogen (secondary N) is 1. The summed E-state index contributed by atoms with van der Waals surface area (Å²) in [6, 6.07) is 16.4. The molecule has 0 unspecified atom stereocenters. The van der Waals surface area contributed by atoms with E-state index in [0.717, 1.165) is 5.56 Å². The van der Waals surface area contributed by atoms with Gasteiger partial charge in [0.05, 0.1) is 25.5 Å². The Balaban J connectivity index is 1.45. The van der Waals surface area contributed by atoms with Crippen molar-refractivity contribution in [1.29, 1.82) is 0 Å². The topological polar surface area (TPSA) is 91.4 Å². The first kappa shape index (κ1) is 24.7. The molecule has 9 heteroatoms. The Bertz CT molecular complexity index is 1020. The summed E-state index contributed by atoms with van der Waals surface area (Å²) >= 11 is 0. The first-order valence-corrected chi connectivity index (χ1v) is 12.1. The van der Waals surface area contributed by atoms with Crippen LogP contribution in [0.2, 0.25) is 0 Å². The minimum Gasteiger partial charge on any atom is -0.492 e. The molecular formula is C26H32N4O5. The van der Waals surface area contributed by atoms with Gasteiger partial charge in [0.1, 0.15) is 11.8 Å². The lowest BCUT2D eigenvalue weighted by atomic mass is 10.0. The van der Waals surface area contributed by atoms with Gasteiger partial charge in [0.15, 0.2) is 0 Å². The molecule has 35 heavy (non-hydrogen) atoms. The summed E-state index contributed by atoms with van der Waals surface area (Å²) in [6.45, 7) is 5.87. The molecule has 3 amide bonds. The summed E-state index contributed by atoms with van der Waals surface area (Å²) in [4.78, 5) is 44.1. The Morgan fingerprint density at radius 2 is 1.46 bits per heavy atom. The molecule has 1 atom stereocenters. The van der Waals surface area contributed by atoms with Crippen LogP contribution in [-0.2, 0) is 19.1 Å². The van der Waals surface area contributed by atoms with E-state index in [1.54, 1.807) is 9.80 Å². The minimum atomic E-state index is -0.543. The van der Waals surface area contributed by atoms with Gasteiger partial charge in [-0.15, -0.1) is 0 Å². The maximum atomic E-state index is 13.5. The first-order chi connectivity index (χ1) is 17.1. The Morgan fingerprint density at radius 3 is 2.11 bits per heavy atom. The van der Waals surface area contributed by atoms with E-state index < -0.39 is 17.9 Å². The number of para-hydroxylation sites is 2. The average Bonchev–Trinajstić information content (AvgIpc) is 2.91. The zero-order valence-corrected chi connectivity index (χ0v) is 20.0. The highest BCUT2D eigenvalue weighted by Crippen LogP contribution is 2.28. The van der Waals surface area contributed by atoms with E-state index in [0.29, 0.717) is 70.5 Å². The molecule has 2 aromatic rings. The number of carbonyl (C=O) groups is 3. The van der Waals surface area contributed by atoms with Crippen molar-refractivity contribution >= 4 is 23.4 Å². The SMILES string of the molecule is CCOc1ccccc1NC(=O)[C@@H](c1ccccc1)N1CCN(C(=O)C(=O)N2CCOCC2)CC1. The van der Waals surface area contributed by atoms with Crippen LogP contribution in [0.25, 0.3) is 0 Å². The number of carbonyl (C=O) groups excluding carboxylic acids is 3. The highest BCUT2D eigenvalue weighted by Gasteiger charge is 2.35. The van der Waals surface area contributed by atoms with Crippen molar-refractivity contribution in [1.82, 2.24) is 14.7 Å². The molecule has 0 aromatic heterocycles. The van der Waals surface area contributed by atoms with Gasteiger partial charge in [0.25, 0.3) is 0 Å². The molecule has 2 aromatic carbocycles. The summed E-state index contributed by atoms with van der Waals surface area (Å²) in [5.74, 6) is -0.524. The smallest absolute Gasteiger partial charge is 0.312 e. The Kier molecular flexibility index (Phi) is 8.33. The maximum Gasteiger partial charge on any atom is 0.312 e. The van der Waals surface area contributed by atoms with Crippen LogP contribution in [-0.4, -0.2) is 91.5 Å². The monoisotopic (exact) mass is 480 g/mol. The molecule has 0 bridgehead atoms.